The van der Waals surface area contributed by atoms with Crippen molar-refractivity contribution in [2.45, 2.75) is 11.4 Å². The molecule has 1 heterocycles. The standard InChI is InChI=1S/C23H15BrN2O7S2/c24-17-7-5-15(6-8-17)14-25-22(27)21(34-23(25)28)13-16-3-1-2-4-20(16)33-35(31,32)19-11-9-18(10-12-19)26(29)30/h1-13H,14H2/b21-13-. The van der Waals surface area contributed by atoms with E-state index in [1.54, 1.807) is 30.3 Å². The fourth-order valence-electron chi connectivity index (χ4n) is 3.13. The van der Waals surface area contributed by atoms with Crippen molar-refractivity contribution in [1.29, 1.82) is 0 Å². The highest BCUT2D eigenvalue weighted by Gasteiger charge is 2.35. The summed E-state index contributed by atoms with van der Waals surface area (Å²) in [6.07, 6.45) is 1.40. The first kappa shape index (κ1) is 24.6. The van der Waals surface area contributed by atoms with Crippen molar-refractivity contribution in [3.8, 4) is 5.75 Å². The number of hydrogen-bond donors (Lipinski definition) is 0. The predicted octanol–water partition coefficient (Wildman–Crippen LogP) is 5.36. The smallest absolute Gasteiger partial charge is 0.339 e. The van der Waals surface area contributed by atoms with Gasteiger partial charge in [0.2, 0.25) is 0 Å². The van der Waals surface area contributed by atoms with Crippen molar-refractivity contribution >= 4 is 60.7 Å². The van der Waals surface area contributed by atoms with Crippen molar-refractivity contribution in [3.63, 3.8) is 0 Å². The molecule has 3 aromatic rings. The van der Waals surface area contributed by atoms with E-state index in [0.717, 1.165) is 51.0 Å². The molecule has 0 N–H and O–H groups in total. The zero-order chi connectivity index (χ0) is 25.2. The number of nitrogens with zero attached hydrogens (tertiary/aromatic N) is 2. The van der Waals surface area contributed by atoms with Crippen LogP contribution in [0.25, 0.3) is 6.08 Å². The Morgan fingerprint density at radius 1 is 1.00 bits per heavy atom. The molecule has 9 nitrogen and oxygen atoms in total. The summed E-state index contributed by atoms with van der Waals surface area (Å²) in [6, 6.07) is 17.6. The van der Waals surface area contributed by atoms with Gasteiger partial charge in [0.1, 0.15) is 10.6 Å². The van der Waals surface area contributed by atoms with Gasteiger partial charge in [0, 0.05) is 22.2 Å². The molecule has 0 unspecified atom stereocenters. The third-order valence-corrected chi connectivity index (χ3v) is 7.55. The first-order valence-electron chi connectivity index (χ1n) is 9.92. The Bertz CT molecular complexity index is 1450. The molecule has 35 heavy (non-hydrogen) atoms. The highest BCUT2D eigenvalue weighted by Crippen LogP contribution is 2.35. The number of nitro groups is 1. The first-order valence-corrected chi connectivity index (χ1v) is 12.9. The van der Waals surface area contributed by atoms with Gasteiger partial charge >= 0.3 is 10.1 Å². The zero-order valence-electron chi connectivity index (χ0n) is 17.7. The van der Waals surface area contributed by atoms with Crippen molar-refractivity contribution < 1.29 is 27.1 Å². The molecule has 178 valence electrons. The Morgan fingerprint density at radius 3 is 2.31 bits per heavy atom. The van der Waals surface area contributed by atoms with E-state index in [4.69, 9.17) is 4.18 Å². The molecule has 0 atom stereocenters. The minimum Gasteiger partial charge on any atom is -0.378 e. The van der Waals surface area contributed by atoms with Gasteiger partial charge in [-0.3, -0.25) is 24.6 Å². The zero-order valence-corrected chi connectivity index (χ0v) is 20.9. The summed E-state index contributed by atoms with van der Waals surface area (Å²) in [6.45, 7) is 0.0992. The Balaban J connectivity index is 1.57. The summed E-state index contributed by atoms with van der Waals surface area (Å²) in [5.41, 5.74) is 0.782. The topological polar surface area (TPSA) is 124 Å². The molecule has 2 amide bonds. The first-order chi connectivity index (χ1) is 16.6. The maximum atomic E-state index is 12.9. The third-order valence-electron chi connectivity index (χ3n) is 4.87. The number of amides is 2. The normalized spacial score (nSPS) is 15.0. The molecule has 1 fully saturated rings. The molecule has 0 bridgehead atoms. The predicted molar refractivity (Wildman–Crippen MR) is 133 cm³/mol. The summed E-state index contributed by atoms with van der Waals surface area (Å²) in [7, 11) is -4.32. The molecule has 1 saturated heterocycles. The van der Waals surface area contributed by atoms with Crippen LogP contribution in [-0.4, -0.2) is 29.4 Å². The Hall–Kier alpha value is -3.48. The van der Waals surface area contributed by atoms with Gasteiger partial charge in [-0.25, -0.2) is 0 Å². The average Bonchev–Trinajstić information content (AvgIpc) is 3.09. The van der Waals surface area contributed by atoms with Gasteiger partial charge in [-0.2, -0.15) is 8.42 Å². The van der Waals surface area contributed by atoms with E-state index in [1.165, 1.54) is 12.1 Å². The number of non-ortho nitro benzene ring substituents is 1. The number of imide groups is 1. The highest BCUT2D eigenvalue weighted by molar-refractivity contribution is 9.10. The summed E-state index contributed by atoms with van der Waals surface area (Å²) < 4.78 is 31.6. The van der Waals surface area contributed by atoms with Gasteiger partial charge in [-0.15, -0.1) is 0 Å². The number of hydrogen-bond acceptors (Lipinski definition) is 8. The fourth-order valence-corrected chi connectivity index (χ4v) is 5.17. The van der Waals surface area contributed by atoms with Crippen LogP contribution in [0.15, 0.2) is 87.1 Å². The second-order valence-corrected chi connectivity index (χ2v) is 10.7. The number of thioether (sulfide) groups is 1. The number of benzene rings is 3. The van der Waals surface area contributed by atoms with Gasteiger partial charge < -0.3 is 4.18 Å². The molecule has 12 heteroatoms. The largest absolute Gasteiger partial charge is 0.378 e. The van der Waals surface area contributed by atoms with Crippen LogP contribution in [-0.2, 0) is 21.5 Å². The molecule has 0 aliphatic carbocycles. The number of carbonyl (C=O) groups excluding carboxylic acids is 2. The molecule has 1 aliphatic rings. The second-order valence-electron chi connectivity index (χ2n) is 7.22. The average molecular weight is 575 g/mol. The Kier molecular flexibility index (Phi) is 7.05. The maximum Gasteiger partial charge on any atom is 0.339 e. The summed E-state index contributed by atoms with van der Waals surface area (Å²) in [4.78, 5) is 36.5. The van der Waals surface area contributed by atoms with Crippen LogP contribution in [0, 0.1) is 10.1 Å². The van der Waals surface area contributed by atoms with E-state index in [0.29, 0.717) is 0 Å². The number of carbonyl (C=O) groups is 2. The molecule has 0 spiro atoms. The minimum atomic E-state index is -4.32. The molecule has 0 aromatic heterocycles. The molecular formula is C23H15BrN2O7S2. The van der Waals surface area contributed by atoms with Gasteiger partial charge in [0.25, 0.3) is 16.8 Å². The van der Waals surface area contributed by atoms with Crippen molar-refractivity contribution in [2.24, 2.45) is 0 Å². The van der Waals surface area contributed by atoms with E-state index >= 15 is 0 Å². The van der Waals surface area contributed by atoms with Gasteiger partial charge in [0.15, 0.2) is 0 Å². The Morgan fingerprint density at radius 2 is 1.66 bits per heavy atom. The van der Waals surface area contributed by atoms with Gasteiger partial charge in [0.05, 0.1) is 16.4 Å². The molecule has 1 aliphatic heterocycles. The number of para-hydroxylation sites is 1. The molecule has 0 saturated carbocycles. The molecular weight excluding hydrogens is 560 g/mol. The maximum absolute atomic E-state index is 12.9. The van der Waals surface area contributed by atoms with Crippen LogP contribution in [0.2, 0.25) is 0 Å². The lowest BCUT2D eigenvalue weighted by molar-refractivity contribution is -0.384. The number of nitro benzene ring substituents is 1. The van der Waals surface area contributed by atoms with Crippen LogP contribution < -0.4 is 4.18 Å². The van der Waals surface area contributed by atoms with Crippen LogP contribution in [0.5, 0.6) is 5.75 Å². The molecule has 4 rings (SSSR count). The summed E-state index contributed by atoms with van der Waals surface area (Å²) in [5, 5.41) is 10.4. The lowest BCUT2D eigenvalue weighted by atomic mass is 10.2. The SMILES string of the molecule is O=C1S/C(=C\c2ccccc2OS(=O)(=O)c2ccc([N+](=O)[O-])cc2)C(=O)N1Cc1ccc(Br)cc1. The minimum absolute atomic E-state index is 0.0643. The summed E-state index contributed by atoms with van der Waals surface area (Å²) in [5.74, 6) is -0.568. The fraction of sp³-hybridized carbons (Fsp3) is 0.0435. The molecule has 3 aromatic carbocycles. The lowest BCUT2D eigenvalue weighted by Crippen LogP contribution is -2.27. The monoisotopic (exact) mass is 574 g/mol. The van der Waals surface area contributed by atoms with Gasteiger partial charge in [-0.05, 0) is 53.7 Å². The van der Waals surface area contributed by atoms with E-state index in [1.807, 2.05) is 12.1 Å². The summed E-state index contributed by atoms with van der Waals surface area (Å²) >= 11 is 4.08. The number of rotatable bonds is 7. The Labute approximate surface area is 212 Å². The van der Waals surface area contributed by atoms with Crippen molar-refractivity contribution in [1.82, 2.24) is 4.90 Å². The quantitative estimate of drug-likeness (QED) is 0.160. The van der Waals surface area contributed by atoms with Gasteiger partial charge in [-0.1, -0.05) is 46.3 Å². The van der Waals surface area contributed by atoms with E-state index < -0.39 is 26.2 Å². The van der Waals surface area contributed by atoms with Crippen LogP contribution in [0.3, 0.4) is 0 Å². The van der Waals surface area contributed by atoms with Crippen LogP contribution in [0.1, 0.15) is 11.1 Å². The van der Waals surface area contributed by atoms with Crippen molar-refractivity contribution in [2.75, 3.05) is 0 Å². The third kappa shape index (κ3) is 5.61. The van der Waals surface area contributed by atoms with E-state index in [-0.39, 0.29) is 33.3 Å². The van der Waals surface area contributed by atoms with Crippen LogP contribution in [0.4, 0.5) is 10.5 Å². The second kappa shape index (κ2) is 10.0. The van der Waals surface area contributed by atoms with E-state index in [2.05, 4.69) is 15.9 Å². The lowest BCUT2D eigenvalue weighted by Gasteiger charge is -2.12. The van der Waals surface area contributed by atoms with E-state index in [9.17, 15) is 28.1 Å². The molecule has 0 radical (unpaired) electrons. The van der Waals surface area contributed by atoms with Crippen molar-refractivity contribution in [3.05, 3.63) is 103 Å². The number of halogens is 1. The highest BCUT2D eigenvalue weighted by atomic mass is 79.9. The van der Waals surface area contributed by atoms with Crippen LogP contribution >= 0.6 is 27.7 Å².